The van der Waals surface area contributed by atoms with Crippen LogP contribution in [-0.4, -0.2) is 30.3 Å². The van der Waals surface area contributed by atoms with Crippen LogP contribution in [-0.2, 0) is 4.79 Å². The minimum absolute atomic E-state index is 0.0540. The van der Waals surface area contributed by atoms with Crippen molar-refractivity contribution in [2.45, 2.75) is 13.0 Å². The minimum atomic E-state index is -0.865. The molecule has 7 nitrogen and oxygen atoms in total. The summed E-state index contributed by atoms with van der Waals surface area (Å²) in [6.45, 7) is 1.47. The smallest absolute Gasteiger partial charge is 0.311 e. The van der Waals surface area contributed by atoms with E-state index in [4.69, 9.17) is 4.74 Å². The molecule has 0 saturated carbocycles. The fourth-order valence-electron chi connectivity index (χ4n) is 1.30. The van der Waals surface area contributed by atoms with Gasteiger partial charge >= 0.3 is 5.69 Å². The Morgan fingerprint density at radius 3 is 2.72 bits per heavy atom. The number of hydrogen-bond donors (Lipinski definition) is 1. The van der Waals surface area contributed by atoms with Crippen LogP contribution >= 0.6 is 0 Å². The second kappa shape index (κ2) is 5.76. The van der Waals surface area contributed by atoms with Gasteiger partial charge in [0.05, 0.1) is 4.92 Å². The number of carbonyl (C=O) groups excluding carboxylic acids is 2. The van der Waals surface area contributed by atoms with E-state index in [1.165, 1.54) is 26.1 Å². The normalized spacial score (nSPS) is 11.4. The Balaban J connectivity index is 3.05. The monoisotopic (exact) mass is 252 g/mol. The number of amides is 1. The van der Waals surface area contributed by atoms with Gasteiger partial charge in [-0.1, -0.05) is 0 Å². The summed E-state index contributed by atoms with van der Waals surface area (Å²) >= 11 is 0. The summed E-state index contributed by atoms with van der Waals surface area (Å²) in [4.78, 5) is 32.0. The molecule has 18 heavy (non-hydrogen) atoms. The minimum Gasteiger partial charge on any atom is -0.474 e. The second-order valence-corrected chi connectivity index (χ2v) is 3.48. The Kier molecular flexibility index (Phi) is 4.36. The van der Waals surface area contributed by atoms with Gasteiger partial charge in [0.2, 0.25) is 0 Å². The zero-order valence-electron chi connectivity index (χ0n) is 9.88. The standard InChI is InChI=1S/C11H12N2O5/c1-7(11(15)12-2)18-10-4-3-8(6-14)5-9(10)13(16)17/h3-7H,1-2H3,(H,12,15). The third kappa shape index (κ3) is 3.03. The lowest BCUT2D eigenvalue weighted by molar-refractivity contribution is -0.386. The molecule has 0 bridgehead atoms. The summed E-state index contributed by atoms with van der Waals surface area (Å²) in [5.41, 5.74) is -0.183. The molecule has 1 aromatic carbocycles. The van der Waals surface area contributed by atoms with Crippen molar-refractivity contribution in [1.29, 1.82) is 0 Å². The molecule has 1 rings (SSSR count). The average molecular weight is 252 g/mol. The molecule has 0 aromatic heterocycles. The first-order valence-electron chi connectivity index (χ1n) is 5.11. The third-order valence-electron chi connectivity index (χ3n) is 2.24. The quantitative estimate of drug-likeness (QED) is 0.477. The van der Waals surface area contributed by atoms with Gasteiger partial charge in [0.25, 0.3) is 5.91 Å². The Labute approximate surface area is 103 Å². The van der Waals surface area contributed by atoms with E-state index in [1.54, 1.807) is 0 Å². The number of rotatable bonds is 5. The molecule has 0 spiro atoms. The van der Waals surface area contributed by atoms with Crippen LogP contribution < -0.4 is 10.1 Å². The van der Waals surface area contributed by atoms with Gasteiger partial charge in [0, 0.05) is 18.7 Å². The van der Waals surface area contributed by atoms with E-state index in [-0.39, 0.29) is 17.0 Å². The lowest BCUT2D eigenvalue weighted by Gasteiger charge is -2.13. The maximum atomic E-state index is 11.3. The first kappa shape index (κ1) is 13.6. The first-order valence-corrected chi connectivity index (χ1v) is 5.11. The zero-order chi connectivity index (χ0) is 13.7. The second-order valence-electron chi connectivity index (χ2n) is 3.48. The third-order valence-corrected chi connectivity index (χ3v) is 2.24. The van der Waals surface area contributed by atoms with Crippen molar-refractivity contribution in [2.75, 3.05) is 7.05 Å². The maximum Gasteiger partial charge on any atom is 0.311 e. The van der Waals surface area contributed by atoms with E-state index in [0.29, 0.717) is 6.29 Å². The average Bonchev–Trinajstić information content (AvgIpc) is 2.37. The molecule has 96 valence electrons. The number of carbonyl (C=O) groups is 2. The summed E-state index contributed by atoms with van der Waals surface area (Å²) in [6.07, 6.45) is -0.366. The van der Waals surface area contributed by atoms with Crippen molar-refractivity contribution in [3.05, 3.63) is 33.9 Å². The summed E-state index contributed by atoms with van der Waals surface area (Å²) in [6, 6.07) is 3.77. The highest BCUT2D eigenvalue weighted by atomic mass is 16.6. The Morgan fingerprint density at radius 2 is 2.22 bits per heavy atom. The van der Waals surface area contributed by atoms with Crippen molar-refractivity contribution < 1.29 is 19.2 Å². The molecule has 0 aliphatic heterocycles. The van der Waals surface area contributed by atoms with E-state index in [2.05, 4.69) is 5.32 Å². The maximum absolute atomic E-state index is 11.3. The number of nitrogens with one attached hydrogen (secondary N) is 1. The van der Waals surface area contributed by atoms with E-state index in [9.17, 15) is 19.7 Å². The van der Waals surface area contributed by atoms with Crippen molar-refractivity contribution in [2.24, 2.45) is 0 Å². The van der Waals surface area contributed by atoms with Crippen molar-refractivity contribution >= 4 is 17.9 Å². The van der Waals surface area contributed by atoms with E-state index >= 15 is 0 Å². The van der Waals surface area contributed by atoms with Crippen LogP contribution in [0, 0.1) is 10.1 Å². The summed E-state index contributed by atoms with van der Waals surface area (Å²) in [7, 11) is 1.44. The number of aldehydes is 1. The van der Waals surface area contributed by atoms with Gasteiger partial charge in [-0.15, -0.1) is 0 Å². The predicted octanol–water partition coefficient (Wildman–Crippen LogP) is 0.921. The van der Waals surface area contributed by atoms with E-state index in [1.807, 2.05) is 0 Å². The Hall–Kier alpha value is -2.44. The number of hydrogen-bond acceptors (Lipinski definition) is 5. The van der Waals surface area contributed by atoms with Gasteiger partial charge in [0.1, 0.15) is 6.29 Å². The number of benzene rings is 1. The van der Waals surface area contributed by atoms with Crippen LogP contribution in [0.15, 0.2) is 18.2 Å². The predicted molar refractivity (Wildman–Crippen MR) is 62.6 cm³/mol. The molecule has 0 radical (unpaired) electrons. The highest BCUT2D eigenvalue weighted by molar-refractivity contribution is 5.81. The van der Waals surface area contributed by atoms with Crippen LogP contribution in [0.2, 0.25) is 0 Å². The van der Waals surface area contributed by atoms with Crippen LogP contribution in [0.1, 0.15) is 17.3 Å². The zero-order valence-corrected chi connectivity index (χ0v) is 9.88. The SMILES string of the molecule is CNC(=O)C(C)Oc1ccc(C=O)cc1[N+](=O)[O-]. The van der Waals surface area contributed by atoms with E-state index < -0.39 is 16.9 Å². The highest BCUT2D eigenvalue weighted by Crippen LogP contribution is 2.28. The van der Waals surface area contributed by atoms with Crippen LogP contribution in [0.5, 0.6) is 5.75 Å². The summed E-state index contributed by atoms with van der Waals surface area (Å²) < 4.78 is 5.19. The van der Waals surface area contributed by atoms with Gasteiger partial charge in [-0.3, -0.25) is 19.7 Å². The Bertz CT molecular complexity index is 486. The number of nitro benzene ring substituents is 1. The molecule has 0 fully saturated rings. The van der Waals surface area contributed by atoms with Gasteiger partial charge in [-0.2, -0.15) is 0 Å². The van der Waals surface area contributed by atoms with Crippen LogP contribution in [0.3, 0.4) is 0 Å². The molecule has 0 heterocycles. The van der Waals surface area contributed by atoms with Gasteiger partial charge < -0.3 is 10.1 Å². The van der Waals surface area contributed by atoms with Gasteiger partial charge in [-0.25, -0.2) is 0 Å². The van der Waals surface area contributed by atoms with Gasteiger partial charge in [0.15, 0.2) is 11.9 Å². The largest absolute Gasteiger partial charge is 0.474 e. The van der Waals surface area contributed by atoms with Crippen molar-refractivity contribution in [1.82, 2.24) is 5.32 Å². The molecular weight excluding hydrogens is 240 g/mol. The number of ether oxygens (including phenoxy) is 1. The molecule has 1 N–H and O–H groups in total. The fraction of sp³-hybridized carbons (Fsp3) is 0.273. The van der Waals surface area contributed by atoms with Crippen molar-refractivity contribution in [3.63, 3.8) is 0 Å². The molecular formula is C11H12N2O5. The van der Waals surface area contributed by atoms with Gasteiger partial charge in [-0.05, 0) is 19.1 Å². The molecule has 1 amide bonds. The molecule has 0 aliphatic carbocycles. The molecule has 7 heteroatoms. The number of likely N-dealkylation sites (N-methyl/N-ethyl adjacent to an activating group) is 1. The fourth-order valence-corrected chi connectivity index (χ4v) is 1.30. The first-order chi connectivity index (χ1) is 8.49. The molecule has 1 aromatic rings. The molecule has 0 aliphatic rings. The summed E-state index contributed by atoms with van der Waals surface area (Å²) in [5.74, 6) is -0.453. The van der Waals surface area contributed by atoms with Crippen molar-refractivity contribution in [3.8, 4) is 5.75 Å². The molecule has 1 unspecified atom stereocenters. The number of nitrogens with zero attached hydrogens (tertiary/aromatic N) is 1. The van der Waals surface area contributed by atoms with E-state index in [0.717, 1.165) is 6.07 Å². The molecule has 0 saturated heterocycles. The molecule has 1 atom stereocenters. The highest BCUT2D eigenvalue weighted by Gasteiger charge is 2.20. The lowest BCUT2D eigenvalue weighted by Crippen LogP contribution is -2.33. The van der Waals surface area contributed by atoms with Crippen LogP contribution in [0.4, 0.5) is 5.69 Å². The van der Waals surface area contributed by atoms with Crippen LogP contribution in [0.25, 0.3) is 0 Å². The topological polar surface area (TPSA) is 98.5 Å². The number of nitro groups is 1. The summed E-state index contributed by atoms with van der Waals surface area (Å²) in [5, 5.41) is 13.2. The Morgan fingerprint density at radius 1 is 1.56 bits per heavy atom. The lowest BCUT2D eigenvalue weighted by atomic mass is 10.2.